The minimum atomic E-state index is -1.02. The highest BCUT2D eigenvalue weighted by Crippen LogP contribution is 2.42. The van der Waals surface area contributed by atoms with Crippen LogP contribution in [0.4, 0.5) is 13.5 Å². The van der Waals surface area contributed by atoms with Crippen molar-refractivity contribution in [1.29, 1.82) is 0 Å². The van der Waals surface area contributed by atoms with E-state index in [1.54, 1.807) is 11.3 Å². The topological polar surface area (TPSA) is 44.7 Å². The van der Waals surface area contributed by atoms with E-state index < -0.39 is 5.54 Å². The number of allylic oxidation sites excluding steroid dienone is 9. The Hall–Kier alpha value is -3.49. The van der Waals surface area contributed by atoms with Gasteiger partial charge < -0.3 is 10.2 Å². The molecule has 5 rings (SSSR count). The van der Waals surface area contributed by atoms with Gasteiger partial charge in [-0.25, -0.2) is 4.39 Å². The Morgan fingerprint density at radius 3 is 2.60 bits per heavy atom. The molecule has 1 aromatic carbocycles. The van der Waals surface area contributed by atoms with Crippen molar-refractivity contribution >= 4 is 23.5 Å². The Morgan fingerprint density at radius 2 is 1.89 bits per heavy atom. The predicted octanol–water partition coefficient (Wildman–Crippen LogP) is 8.82. The summed E-state index contributed by atoms with van der Waals surface area (Å²) in [5.41, 5.74) is 2.05. The fourth-order valence-corrected chi connectivity index (χ4v) is 7.16. The molecule has 2 atom stereocenters. The van der Waals surface area contributed by atoms with E-state index in [0.717, 1.165) is 85.4 Å². The summed E-state index contributed by atoms with van der Waals surface area (Å²) < 4.78 is 29.2. The fourth-order valence-electron chi connectivity index (χ4n) is 6.47. The standard InChI is InChI=1S/C37H44FN3OS.F2/c1-36(31-17-9-12-30(28-38)19-20-31)21-25-41(26-22-36)24-11-23-39-35(34-18-10-27-43-34)40-37(29-42,33-15-7-4-8-16-33)32-13-5-2-3-6-14-32;1-2/h2-10,13,15-19,27,29,31H,11-12,14,20-26,28H2,1H3,(H,39,40);. The van der Waals surface area contributed by atoms with Crippen molar-refractivity contribution < 1.29 is 18.3 Å². The van der Waals surface area contributed by atoms with Crippen molar-refractivity contribution in [1.82, 2.24) is 10.2 Å². The number of rotatable bonds is 11. The third-order valence-electron chi connectivity index (χ3n) is 9.35. The number of aldehydes is 1. The van der Waals surface area contributed by atoms with E-state index in [2.05, 4.69) is 52.9 Å². The number of nitrogens with one attached hydrogen (secondary N) is 1. The van der Waals surface area contributed by atoms with E-state index in [0.29, 0.717) is 18.9 Å². The lowest BCUT2D eigenvalue weighted by Gasteiger charge is -2.43. The minimum absolute atomic E-state index is 0.260. The molecule has 0 amide bonds. The average molecular weight is 636 g/mol. The molecule has 1 N–H and O–H groups in total. The van der Waals surface area contributed by atoms with Crippen LogP contribution in [0.3, 0.4) is 0 Å². The summed E-state index contributed by atoms with van der Waals surface area (Å²) in [5, 5.41) is 5.69. The third-order valence-corrected chi connectivity index (χ3v) is 10.2. The van der Waals surface area contributed by atoms with E-state index in [1.165, 1.54) is 0 Å². The average Bonchev–Trinajstić information content (AvgIpc) is 3.32. The number of aliphatic imine (C=N–C) groups is 1. The zero-order valence-corrected chi connectivity index (χ0v) is 26.8. The molecular weight excluding hydrogens is 591 g/mol. The van der Waals surface area contributed by atoms with Crippen LogP contribution < -0.4 is 5.32 Å². The fraction of sp³-hybridized carbons (Fsp3) is 0.405. The second-order valence-electron chi connectivity index (χ2n) is 12.2. The van der Waals surface area contributed by atoms with Crippen molar-refractivity contribution in [3.63, 3.8) is 0 Å². The highest BCUT2D eigenvalue weighted by molar-refractivity contribution is 7.12. The van der Waals surface area contributed by atoms with Gasteiger partial charge in [0.05, 0.1) is 4.88 Å². The molecule has 2 unspecified atom stereocenters. The normalized spacial score (nSPS) is 21.3. The molecule has 0 radical (unpaired) electrons. The van der Waals surface area contributed by atoms with E-state index in [1.807, 2.05) is 60.7 Å². The van der Waals surface area contributed by atoms with Crippen molar-refractivity contribution in [3.05, 3.63) is 118 Å². The summed E-state index contributed by atoms with van der Waals surface area (Å²) in [6.07, 6.45) is 23.5. The van der Waals surface area contributed by atoms with E-state index in [-0.39, 0.29) is 12.1 Å². The molecule has 2 heterocycles. The van der Waals surface area contributed by atoms with Crippen LogP contribution in [0.25, 0.3) is 0 Å². The van der Waals surface area contributed by atoms with Crippen LogP contribution in [-0.2, 0) is 10.3 Å². The van der Waals surface area contributed by atoms with Gasteiger partial charge in [-0.15, -0.1) is 11.3 Å². The van der Waals surface area contributed by atoms with Gasteiger partial charge in [-0.2, -0.15) is 0 Å². The number of amidine groups is 1. The monoisotopic (exact) mass is 635 g/mol. The number of likely N-dealkylation sites (tertiary alicyclic amines) is 1. The lowest BCUT2D eigenvalue weighted by molar-refractivity contribution is -0.112. The number of thiophene rings is 1. The molecule has 1 aromatic heterocycles. The van der Waals surface area contributed by atoms with Crippen LogP contribution in [0.1, 0.15) is 55.9 Å². The Balaban J connectivity index is 0.00000226. The first-order valence-corrected chi connectivity index (χ1v) is 16.6. The number of carbonyl (C=O) groups is 1. The lowest BCUT2D eigenvalue weighted by atomic mass is 9.69. The van der Waals surface area contributed by atoms with Gasteiger partial charge in [0.25, 0.3) is 0 Å². The summed E-state index contributed by atoms with van der Waals surface area (Å²) >= 11 is 1.63. The molecule has 0 spiro atoms. The number of halogens is 3. The van der Waals surface area contributed by atoms with Crippen molar-refractivity contribution in [3.8, 4) is 0 Å². The molecule has 4 nitrogen and oxygen atoms in total. The van der Waals surface area contributed by atoms with Crippen LogP contribution in [-0.4, -0.2) is 49.9 Å². The van der Waals surface area contributed by atoms with Crippen molar-refractivity contribution in [2.24, 2.45) is 16.3 Å². The highest BCUT2D eigenvalue weighted by atomic mass is 32.1. The third kappa shape index (κ3) is 8.82. The summed E-state index contributed by atoms with van der Waals surface area (Å²) in [7, 11) is 0. The first-order chi connectivity index (χ1) is 22.1. The van der Waals surface area contributed by atoms with Crippen LogP contribution in [0.2, 0.25) is 0 Å². The summed E-state index contributed by atoms with van der Waals surface area (Å²) in [4.78, 5) is 21.7. The molecule has 8 heteroatoms. The van der Waals surface area contributed by atoms with Gasteiger partial charge in [0, 0.05) is 15.7 Å². The summed E-state index contributed by atoms with van der Waals surface area (Å²) in [5.74, 6) is 1.25. The molecule has 2 aromatic rings. The van der Waals surface area contributed by atoms with Gasteiger partial charge >= 0.3 is 0 Å². The Labute approximate surface area is 269 Å². The Bertz CT molecular complexity index is 1390. The molecule has 240 valence electrons. The summed E-state index contributed by atoms with van der Waals surface area (Å²) in [6, 6.07) is 14.1. The molecule has 1 fully saturated rings. The quantitative estimate of drug-likeness (QED) is 0.0883. The molecule has 3 aliphatic rings. The lowest BCUT2D eigenvalue weighted by Crippen LogP contribution is -2.49. The maximum Gasteiger partial charge on any atom is 0.154 e. The molecule has 0 saturated carbocycles. The van der Waals surface area contributed by atoms with Gasteiger partial charge in [-0.3, -0.25) is 9.79 Å². The van der Waals surface area contributed by atoms with Gasteiger partial charge in [0.15, 0.2) is 6.29 Å². The van der Waals surface area contributed by atoms with Gasteiger partial charge in [0.1, 0.15) is 18.0 Å². The molecular formula is C37H44F3N3OS. The Morgan fingerprint density at radius 1 is 1.09 bits per heavy atom. The number of carbonyl (C=O) groups excluding carboxylic acids is 1. The molecule has 2 aliphatic carbocycles. The van der Waals surface area contributed by atoms with Gasteiger partial charge in [-0.05, 0) is 97.6 Å². The molecule has 0 bridgehead atoms. The van der Waals surface area contributed by atoms with E-state index in [9.17, 15) is 9.18 Å². The number of benzene rings is 1. The van der Waals surface area contributed by atoms with Gasteiger partial charge in [0.2, 0.25) is 0 Å². The second-order valence-corrected chi connectivity index (χ2v) is 13.1. The minimum Gasteiger partial charge on any atom is -0.350 e. The predicted molar refractivity (Wildman–Crippen MR) is 181 cm³/mol. The van der Waals surface area contributed by atoms with E-state index >= 15 is 0 Å². The first kappa shape index (κ1) is 34.4. The van der Waals surface area contributed by atoms with Crippen LogP contribution >= 0.6 is 11.3 Å². The highest BCUT2D eigenvalue weighted by Gasteiger charge is 2.38. The number of piperidine rings is 1. The van der Waals surface area contributed by atoms with Crippen molar-refractivity contribution in [2.45, 2.75) is 51.0 Å². The smallest absolute Gasteiger partial charge is 0.154 e. The number of hydrogen-bond acceptors (Lipinski definition) is 4. The van der Waals surface area contributed by atoms with E-state index in [4.69, 9.17) is 14.1 Å². The number of nitrogens with zero attached hydrogens (tertiary/aromatic N) is 2. The van der Waals surface area contributed by atoms with Crippen molar-refractivity contribution in [2.75, 3.05) is 32.9 Å². The maximum atomic E-state index is 13.2. The molecule has 45 heavy (non-hydrogen) atoms. The van der Waals surface area contributed by atoms with Crippen LogP contribution in [0, 0.1) is 11.3 Å². The van der Waals surface area contributed by atoms with Crippen LogP contribution in [0.5, 0.6) is 0 Å². The number of alkyl halides is 1. The summed E-state index contributed by atoms with van der Waals surface area (Å²) in [6.45, 7) is 5.93. The zero-order valence-electron chi connectivity index (χ0n) is 26.0. The molecule has 1 saturated heterocycles. The Kier molecular flexibility index (Phi) is 13.2. The first-order valence-electron chi connectivity index (χ1n) is 15.7. The largest absolute Gasteiger partial charge is 0.350 e. The zero-order chi connectivity index (χ0) is 32.0. The maximum absolute atomic E-state index is 13.2. The van der Waals surface area contributed by atoms with Crippen LogP contribution in [0.15, 0.2) is 113 Å². The SMILES string of the molecule is CC1(C2C=CCC(CF)=CC2)CCN(CCCN=C(NC(C=O)(C2=CC=CC=CC2)c2ccccc2)c2cccs2)CC1.FF. The number of hydrogen-bond donors (Lipinski definition) is 1. The van der Waals surface area contributed by atoms with Gasteiger partial charge in [-0.1, -0.05) is 91.9 Å². The molecule has 1 aliphatic heterocycles. The second kappa shape index (κ2) is 17.3.